The van der Waals surface area contributed by atoms with Gasteiger partial charge in [-0.05, 0) is 64.5 Å². The number of nitrogens with zero attached hydrogens (tertiary/aromatic N) is 5. The molecule has 0 N–H and O–H groups in total. The highest BCUT2D eigenvalue weighted by Crippen LogP contribution is 2.42. The molecule has 9 heteroatoms. The lowest BCUT2D eigenvalue weighted by atomic mass is 10.1. The molecule has 0 radical (unpaired) electrons. The molecular weight excluding hydrogens is 462 g/mol. The first kappa shape index (κ1) is 21.4. The quantitative estimate of drug-likeness (QED) is 0.348. The fourth-order valence-corrected chi connectivity index (χ4v) is 5.47. The number of rotatable bonds is 6. The number of thioether (sulfide) groups is 1. The maximum atomic E-state index is 12.6. The van der Waals surface area contributed by atoms with E-state index in [0.29, 0.717) is 18.0 Å². The van der Waals surface area contributed by atoms with Gasteiger partial charge < -0.3 is 9.47 Å². The van der Waals surface area contributed by atoms with Gasteiger partial charge in [0.2, 0.25) is 5.91 Å². The zero-order chi connectivity index (χ0) is 23.8. The number of benzene rings is 3. The zero-order valence-electron chi connectivity index (χ0n) is 18.9. The van der Waals surface area contributed by atoms with Gasteiger partial charge in [-0.25, -0.2) is 0 Å². The molecule has 174 valence electrons. The van der Waals surface area contributed by atoms with Crippen LogP contribution >= 0.6 is 11.8 Å². The predicted octanol–water partition coefficient (Wildman–Crippen LogP) is 4.64. The third kappa shape index (κ3) is 3.93. The molecule has 3 heterocycles. The first-order valence-electron chi connectivity index (χ1n) is 11.1. The summed E-state index contributed by atoms with van der Waals surface area (Å²) in [7, 11) is 1.63. The van der Waals surface area contributed by atoms with Crippen molar-refractivity contribution in [3.63, 3.8) is 0 Å². The highest BCUT2D eigenvalue weighted by atomic mass is 32.2. The second kappa shape index (κ2) is 8.92. The number of ether oxygens (including phenoxy) is 2. The summed E-state index contributed by atoms with van der Waals surface area (Å²) < 4.78 is 13.1. The molecule has 0 aliphatic carbocycles. The van der Waals surface area contributed by atoms with Crippen LogP contribution in [-0.2, 0) is 11.4 Å². The van der Waals surface area contributed by atoms with Crippen molar-refractivity contribution in [2.75, 3.05) is 17.8 Å². The van der Waals surface area contributed by atoms with Crippen LogP contribution < -0.4 is 14.4 Å². The van der Waals surface area contributed by atoms with Crippen molar-refractivity contribution >= 4 is 39.9 Å². The van der Waals surface area contributed by atoms with Crippen LogP contribution in [0, 0.1) is 0 Å². The Morgan fingerprint density at radius 1 is 1.00 bits per heavy atom. The summed E-state index contributed by atoms with van der Waals surface area (Å²) >= 11 is 1.62. The Kier molecular flexibility index (Phi) is 5.46. The van der Waals surface area contributed by atoms with Crippen molar-refractivity contribution in [2.45, 2.75) is 12.0 Å². The number of carbonyl (C=O) groups is 1. The Balaban J connectivity index is 1.21. The summed E-state index contributed by atoms with van der Waals surface area (Å²) in [6.07, 6.45) is 0. The Morgan fingerprint density at radius 3 is 2.57 bits per heavy atom. The van der Waals surface area contributed by atoms with Gasteiger partial charge in [-0.1, -0.05) is 30.3 Å². The molecule has 1 atom stereocenters. The number of hydrogen-bond donors (Lipinski definition) is 0. The van der Waals surface area contributed by atoms with E-state index in [2.05, 4.69) is 21.6 Å². The Bertz CT molecular complexity index is 1520. The lowest BCUT2D eigenvalue weighted by Crippen LogP contribution is -2.27. The molecule has 6 rings (SSSR count). The molecule has 8 nitrogen and oxygen atoms in total. The van der Waals surface area contributed by atoms with Crippen LogP contribution in [0.15, 0.2) is 78.9 Å². The summed E-state index contributed by atoms with van der Waals surface area (Å²) in [5, 5.41) is 13.1. The predicted molar refractivity (Wildman–Crippen MR) is 135 cm³/mol. The van der Waals surface area contributed by atoms with E-state index in [9.17, 15) is 4.79 Å². The molecule has 1 unspecified atom stereocenters. The second-order valence-electron chi connectivity index (χ2n) is 8.13. The third-order valence-electron chi connectivity index (χ3n) is 6.03. The lowest BCUT2D eigenvalue weighted by molar-refractivity contribution is -0.115. The monoisotopic (exact) mass is 483 g/mol. The minimum absolute atomic E-state index is 0.0905. The summed E-state index contributed by atoms with van der Waals surface area (Å²) in [4.78, 5) is 14.5. The highest BCUT2D eigenvalue weighted by Gasteiger charge is 2.34. The van der Waals surface area contributed by atoms with Crippen molar-refractivity contribution in [1.29, 1.82) is 0 Å². The second-order valence-corrected chi connectivity index (χ2v) is 9.19. The van der Waals surface area contributed by atoms with Crippen LogP contribution in [0.25, 0.3) is 16.6 Å². The molecule has 0 saturated carbocycles. The Labute approximate surface area is 205 Å². The van der Waals surface area contributed by atoms with Crippen molar-refractivity contribution in [1.82, 2.24) is 20.0 Å². The van der Waals surface area contributed by atoms with E-state index in [1.54, 1.807) is 23.4 Å². The molecule has 1 fully saturated rings. The lowest BCUT2D eigenvalue weighted by Gasteiger charge is -2.24. The standard InChI is InChI=1S/C26H21N5O3S/c1-33-21-12-8-20(9-13-21)30-24(32)16-35-26(30)17-6-10-22(11-7-17)34-15-19-14-18-4-2-3-5-23(18)31-25(19)27-28-29-31/h2-14,26H,15-16H2,1H3. The molecule has 35 heavy (non-hydrogen) atoms. The summed E-state index contributed by atoms with van der Waals surface area (Å²) in [5.74, 6) is 2.03. The van der Waals surface area contributed by atoms with Gasteiger partial charge in [0, 0.05) is 16.6 Å². The van der Waals surface area contributed by atoms with Crippen LogP contribution in [0.5, 0.6) is 11.5 Å². The molecule has 2 aromatic heterocycles. The number of pyridine rings is 1. The summed E-state index contributed by atoms with van der Waals surface area (Å²) in [6, 6.07) is 25.5. The maximum Gasteiger partial charge on any atom is 0.238 e. The van der Waals surface area contributed by atoms with Gasteiger partial charge in [0.15, 0.2) is 5.65 Å². The smallest absolute Gasteiger partial charge is 0.238 e. The van der Waals surface area contributed by atoms with Gasteiger partial charge in [0.05, 0.1) is 18.4 Å². The van der Waals surface area contributed by atoms with Gasteiger partial charge in [-0.2, -0.15) is 4.52 Å². The topological polar surface area (TPSA) is 81.8 Å². The van der Waals surface area contributed by atoms with E-state index in [1.165, 1.54) is 0 Å². The van der Waals surface area contributed by atoms with E-state index in [1.807, 2.05) is 77.7 Å². The average Bonchev–Trinajstić information content (AvgIpc) is 3.55. The average molecular weight is 484 g/mol. The molecule has 3 aromatic carbocycles. The number of tetrazole rings is 1. The molecule has 0 bridgehead atoms. The van der Waals surface area contributed by atoms with E-state index in [0.717, 1.165) is 39.2 Å². The largest absolute Gasteiger partial charge is 0.497 e. The fraction of sp³-hybridized carbons (Fsp3) is 0.154. The Morgan fingerprint density at radius 2 is 1.77 bits per heavy atom. The molecule has 5 aromatic rings. The number of fused-ring (bicyclic) bond motifs is 3. The number of carbonyl (C=O) groups excluding carboxylic acids is 1. The molecule has 1 amide bonds. The summed E-state index contributed by atoms with van der Waals surface area (Å²) in [6.45, 7) is 0.336. The first-order chi connectivity index (χ1) is 17.2. The fourth-order valence-electron chi connectivity index (χ4n) is 4.29. The number of methoxy groups -OCH3 is 1. The zero-order valence-corrected chi connectivity index (χ0v) is 19.7. The molecule has 0 spiro atoms. The van der Waals surface area contributed by atoms with Crippen molar-refractivity contribution < 1.29 is 14.3 Å². The minimum Gasteiger partial charge on any atom is -0.497 e. The van der Waals surface area contributed by atoms with Crippen molar-refractivity contribution in [2.24, 2.45) is 0 Å². The highest BCUT2D eigenvalue weighted by molar-refractivity contribution is 8.00. The van der Waals surface area contributed by atoms with Gasteiger partial charge >= 0.3 is 0 Å². The van der Waals surface area contributed by atoms with E-state index in [4.69, 9.17) is 9.47 Å². The molecule has 1 aliphatic rings. The molecule has 1 aliphatic heterocycles. The van der Waals surface area contributed by atoms with Gasteiger partial charge in [-0.3, -0.25) is 9.69 Å². The number of amides is 1. The van der Waals surface area contributed by atoms with Crippen molar-refractivity contribution in [3.8, 4) is 11.5 Å². The van der Waals surface area contributed by atoms with Crippen LogP contribution in [0.2, 0.25) is 0 Å². The van der Waals surface area contributed by atoms with Crippen molar-refractivity contribution in [3.05, 3.63) is 90.0 Å². The number of anilines is 1. The normalized spacial score (nSPS) is 15.7. The SMILES string of the molecule is COc1ccc(N2C(=O)CSC2c2ccc(OCc3cc4ccccc4n4nnnc34)cc2)cc1. The molecule has 1 saturated heterocycles. The van der Waals surface area contributed by atoms with E-state index >= 15 is 0 Å². The van der Waals surface area contributed by atoms with Gasteiger partial charge in [0.25, 0.3) is 0 Å². The first-order valence-corrected chi connectivity index (χ1v) is 12.2. The van der Waals surface area contributed by atoms with Crippen LogP contribution in [0.1, 0.15) is 16.5 Å². The van der Waals surface area contributed by atoms with Crippen LogP contribution in [0.3, 0.4) is 0 Å². The Hall–Kier alpha value is -4.11. The third-order valence-corrected chi connectivity index (χ3v) is 7.24. The number of para-hydroxylation sites is 1. The number of aromatic nitrogens is 4. The van der Waals surface area contributed by atoms with E-state index in [-0.39, 0.29) is 11.3 Å². The van der Waals surface area contributed by atoms with E-state index < -0.39 is 0 Å². The maximum absolute atomic E-state index is 12.6. The molecular formula is C26H21N5O3S. The van der Waals surface area contributed by atoms with Crippen LogP contribution in [0.4, 0.5) is 5.69 Å². The van der Waals surface area contributed by atoms with Gasteiger partial charge in [0.1, 0.15) is 23.5 Å². The minimum atomic E-state index is -0.0906. The van der Waals surface area contributed by atoms with Crippen LogP contribution in [-0.4, -0.2) is 38.8 Å². The summed E-state index contributed by atoms with van der Waals surface area (Å²) in [5.41, 5.74) is 4.43. The van der Waals surface area contributed by atoms with Gasteiger partial charge in [-0.15, -0.1) is 16.9 Å². The number of hydrogen-bond acceptors (Lipinski definition) is 7.